The van der Waals surface area contributed by atoms with Gasteiger partial charge in [-0.3, -0.25) is 19.6 Å². The van der Waals surface area contributed by atoms with Crippen molar-refractivity contribution in [3.63, 3.8) is 0 Å². The van der Waals surface area contributed by atoms with Crippen LogP contribution in [0.2, 0.25) is 0 Å². The molecule has 9 nitrogen and oxygen atoms in total. The van der Waals surface area contributed by atoms with Crippen molar-refractivity contribution < 1.29 is 86.3 Å². The van der Waals surface area contributed by atoms with Gasteiger partial charge in [-0.2, -0.15) is 52.7 Å². The van der Waals surface area contributed by atoms with Crippen molar-refractivity contribution in [2.75, 3.05) is 28.1 Å². The second kappa shape index (κ2) is 28.0. The highest BCUT2D eigenvalue weighted by molar-refractivity contribution is 5.75. The van der Waals surface area contributed by atoms with Crippen LogP contribution < -0.4 is 0 Å². The molecule has 0 atom stereocenters. The van der Waals surface area contributed by atoms with E-state index in [4.69, 9.17) is 9.47 Å². The van der Waals surface area contributed by atoms with Gasteiger partial charge in [0.25, 0.3) is 0 Å². The summed E-state index contributed by atoms with van der Waals surface area (Å²) in [5.74, 6) is 5.59. The number of nitrogens with zero attached hydrogens (tertiary/aromatic N) is 2. The van der Waals surface area contributed by atoms with Crippen LogP contribution in [0.5, 0.6) is 0 Å². The van der Waals surface area contributed by atoms with Crippen LogP contribution in [0.15, 0.2) is 110 Å². The molecule has 0 amide bonds. The molecule has 2 aromatic heterocycles. The number of carbonyl (C=O) groups is 2. The number of esters is 2. The highest BCUT2D eigenvalue weighted by Gasteiger charge is 2.73. The lowest BCUT2D eigenvalue weighted by atomic mass is 9.69. The lowest BCUT2D eigenvalue weighted by Gasteiger charge is -2.34. The Morgan fingerprint density at radius 2 is 0.816 bits per heavy atom. The van der Waals surface area contributed by atoms with Crippen LogP contribution >= 0.6 is 0 Å². The molecule has 0 saturated carbocycles. The van der Waals surface area contributed by atoms with Crippen molar-refractivity contribution in [2.45, 2.75) is 141 Å². The van der Waals surface area contributed by atoms with Crippen LogP contribution in [0, 0.1) is 51.4 Å². The van der Waals surface area contributed by atoms with E-state index >= 15 is 0 Å². The van der Waals surface area contributed by atoms with E-state index in [0.717, 1.165) is 68.7 Å². The molecule has 0 fully saturated rings. The quantitative estimate of drug-likeness (QED) is 0.0412. The molecule has 21 heteroatoms. The third-order valence-electron chi connectivity index (χ3n) is 15.7. The van der Waals surface area contributed by atoms with Crippen LogP contribution in [0.25, 0.3) is 22.3 Å². The van der Waals surface area contributed by atoms with Gasteiger partial charge in [-0.1, -0.05) is 100 Å². The predicted octanol–water partition coefficient (Wildman–Crippen LogP) is 15.4. The Balaban J connectivity index is 0.000000318. The monoisotopic (exact) mass is 1230 g/mol. The third kappa shape index (κ3) is 15.2. The average molecular weight is 1230 g/mol. The molecule has 0 bridgehead atoms. The van der Waals surface area contributed by atoms with Gasteiger partial charge >= 0.3 is 47.8 Å². The Labute approximate surface area is 497 Å². The molecule has 2 heterocycles. The number of halogens is 12. The second-order valence-corrected chi connectivity index (χ2v) is 20.8. The molecule has 466 valence electrons. The van der Waals surface area contributed by atoms with Crippen molar-refractivity contribution >= 4 is 11.9 Å². The number of pyridine rings is 2. The fourth-order valence-electron chi connectivity index (χ4n) is 10.4. The minimum atomic E-state index is -6.02. The number of methoxy groups -OCH3 is 3. The van der Waals surface area contributed by atoms with E-state index < -0.39 is 53.5 Å². The van der Waals surface area contributed by atoms with Crippen LogP contribution in [0.1, 0.15) is 120 Å². The van der Waals surface area contributed by atoms with E-state index in [-0.39, 0.29) is 35.9 Å². The summed E-state index contributed by atoms with van der Waals surface area (Å²) in [7, 11) is 3.56. The molecule has 0 aliphatic carbocycles. The van der Waals surface area contributed by atoms with E-state index in [0.29, 0.717) is 47.9 Å². The number of carbonyl (C=O) groups excluding carboxylic acids is 2. The highest BCUT2D eigenvalue weighted by Crippen LogP contribution is 2.47. The third-order valence-corrected chi connectivity index (χ3v) is 15.7. The number of alkyl halides is 12. The molecule has 0 radical (unpaired) electrons. The van der Waals surface area contributed by atoms with E-state index in [1.165, 1.54) is 32.3 Å². The van der Waals surface area contributed by atoms with Gasteiger partial charge in [0.2, 0.25) is 0 Å². The molecule has 87 heavy (non-hydrogen) atoms. The largest absolute Gasteiger partial charge is 0.469 e. The number of aliphatic hydroxyl groups is 1. The van der Waals surface area contributed by atoms with Crippen molar-refractivity contribution in [1.29, 1.82) is 0 Å². The van der Waals surface area contributed by atoms with E-state index in [1.807, 2.05) is 89.9 Å². The minimum Gasteiger partial charge on any atom is -0.469 e. The summed E-state index contributed by atoms with van der Waals surface area (Å²) in [6, 6.07) is 25.4. The fourth-order valence-corrected chi connectivity index (χ4v) is 10.4. The average Bonchev–Trinajstić information content (AvgIpc) is 1.51. The van der Waals surface area contributed by atoms with Crippen LogP contribution in [0.4, 0.5) is 52.7 Å². The number of aromatic nitrogens is 2. The Morgan fingerprint density at radius 3 is 1.11 bits per heavy atom. The Morgan fingerprint density at radius 1 is 0.471 bits per heavy atom. The van der Waals surface area contributed by atoms with E-state index in [9.17, 15) is 67.4 Å². The number of ether oxygens (including phenoxy) is 4. The number of hydrogen-bond acceptors (Lipinski definition) is 9. The summed E-state index contributed by atoms with van der Waals surface area (Å²) in [5.41, 5.74) is 0.348. The zero-order valence-corrected chi connectivity index (χ0v) is 49.7. The first-order valence-corrected chi connectivity index (χ1v) is 27.3. The van der Waals surface area contributed by atoms with Crippen LogP contribution in [0.3, 0.4) is 0 Å². The first-order chi connectivity index (χ1) is 40.6. The molecular formula is C66H66F12N2O7. The Kier molecular flexibility index (Phi) is 22.5. The summed E-state index contributed by atoms with van der Waals surface area (Å²) in [4.78, 5) is 32.0. The van der Waals surface area contributed by atoms with Gasteiger partial charge in [0.1, 0.15) is 6.79 Å². The number of aryl methyl sites for hydroxylation is 4. The normalized spacial score (nSPS) is 12.5. The van der Waals surface area contributed by atoms with Gasteiger partial charge in [-0.15, -0.1) is 0 Å². The maximum absolute atomic E-state index is 13.7. The van der Waals surface area contributed by atoms with Gasteiger partial charge in [-0.25, -0.2) is 0 Å². The molecule has 0 aliphatic rings. The molecule has 0 saturated heterocycles. The zero-order chi connectivity index (χ0) is 65.1. The molecular weight excluding hydrogens is 1160 g/mol. The van der Waals surface area contributed by atoms with Crippen molar-refractivity contribution in [1.82, 2.24) is 9.97 Å². The summed E-state index contributed by atoms with van der Waals surface area (Å²) < 4.78 is 179. The summed E-state index contributed by atoms with van der Waals surface area (Å²) in [6.07, 6.45) is -14.3. The molecule has 0 unspecified atom stereocenters. The van der Waals surface area contributed by atoms with Crippen molar-refractivity contribution in [3.05, 3.63) is 176 Å². The zero-order valence-electron chi connectivity index (χ0n) is 49.7. The number of benzene rings is 4. The summed E-state index contributed by atoms with van der Waals surface area (Å²) in [6.45, 7) is 13.8. The molecule has 6 aromatic rings. The molecule has 0 aliphatic heterocycles. The Bertz CT molecular complexity index is 3510. The first kappa shape index (κ1) is 70.0. The van der Waals surface area contributed by atoms with Crippen molar-refractivity contribution in [3.8, 4) is 45.9 Å². The second-order valence-electron chi connectivity index (χ2n) is 20.8. The topological polar surface area (TPSA) is 117 Å². The van der Waals surface area contributed by atoms with Crippen LogP contribution in [-0.2, 0) is 52.2 Å². The maximum Gasteiger partial charge on any atom is 0.438 e. The molecule has 4 aromatic carbocycles. The highest BCUT2D eigenvalue weighted by atomic mass is 19.4. The van der Waals surface area contributed by atoms with E-state index in [1.54, 1.807) is 62.9 Å². The lowest BCUT2D eigenvalue weighted by molar-refractivity contribution is -0.368. The Hall–Kier alpha value is -7.72. The van der Waals surface area contributed by atoms with E-state index in [2.05, 4.69) is 31.4 Å². The number of hydrogen-bond donors (Lipinski definition) is 1. The smallest absolute Gasteiger partial charge is 0.438 e. The first-order valence-electron chi connectivity index (χ1n) is 27.3. The summed E-state index contributed by atoms with van der Waals surface area (Å²) in [5, 5.41) is 9.39. The van der Waals surface area contributed by atoms with Gasteiger partial charge in [0.05, 0.1) is 27.1 Å². The summed E-state index contributed by atoms with van der Waals surface area (Å²) >= 11 is 0. The van der Waals surface area contributed by atoms with Gasteiger partial charge < -0.3 is 24.1 Å². The van der Waals surface area contributed by atoms with Gasteiger partial charge in [0, 0.05) is 65.0 Å². The van der Waals surface area contributed by atoms with Crippen LogP contribution in [-0.4, -0.2) is 91.0 Å². The molecule has 1 N–H and O–H groups in total. The van der Waals surface area contributed by atoms with Crippen molar-refractivity contribution in [2.24, 2.45) is 0 Å². The number of rotatable bonds is 17. The maximum atomic E-state index is 13.7. The predicted molar refractivity (Wildman–Crippen MR) is 304 cm³/mol. The fraction of sp³-hybridized carbons (Fsp3) is 0.394. The lowest BCUT2D eigenvalue weighted by Crippen LogP contribution is -2.58. The van der Waals surface area contributed by atoms with Gasteiger partial charge in [0.15, 0.2) is 0 Å². The van der Waals surface area contributed by atoms with Gasteiger partial charge in [-0.05, 0) is 156 Å². The minimum absolute atomic E-state index is 0.00427. The molecule has 6 rings (SSSR count). The standard InChI is InChI=1S/C34H35F6NO4.C32H31F6NO3/c1-7-31(8-2,28-11-12-29(23(4)16-28)26-17-24(19-41-20-26)18-30(42)44-6)27-10-9-25(22(3)15-27)13-14-32(33(35,36)37,34(38,39)40)45-21-43-5;1-6-29(7-2,25-9-8-23(20(3)14-25)12-13-30(41,31(33,34)35)32(36,37)38)26-10-11-27(21(4)15-26)24-16-22(18-39-19-24)17-28(40)42-5/h9-12,15-17,19-20H,7-8,18,21H2,1-6H3;8-11,14-16,18-19,41H,6-7,17H2,1-5H3. The SMILES string of the molecule is CCC(CC)(c1ccc(C#CC(O)(C(F)(F)F)C(F)(F)F)c(C)c1)c1ccc(-c2cncc(CC(=O)OC)c2)c(C)c1.CCC(CC)(c1ccc(C#CC(OCOC)(C(F)(F)F)C(F)(F)F)c(C)c1)c1ccc(-c2cncc(CC(=O)OC)c2)c(C)c1. The molecule has 0 spiro atoms.